The molecule has 0 N–H and O–H groups in total. The van der Waals surface area contributed by atoms with Crippen LogP contribution >= 0.6 is 0 Å². The minimum Gasteiger partial charge on any atom is -0.443 e. The van der Waals surface area contributed by atoms with Gasteiger partial charge < -0.3 is 14.2 Å². The van der Waals surface area contributed by atoms with Crippen LogP contribution in [0.1, 0.15) is 44.0 Å². The van der Waals surface area contributed by atoms with Crippen molar-refractivity contribution < 1.29 is 23.8 Å². The number of aryl methyl sites for hydroxylation is 1. The summed E-state index contributed by atoms with van der Waals surface area (Å²) < 4.78 is 16.4. The molecule has 3 heterocycles. The molecule has 0 aliphatic carbocycles. The summed E-state index contributed by atoms with van der Waals surface area (Å²) in [5.74, 6) is -0.379. The van der Waals surface area contributed by atoms with E-state index in [4.69, 9.17) is 14.2 Å². The van der Waals surface area contributed by atoms with Gasteiger partial charge in [0, 0.05) is 31.5 Å². The highest BCUT2D eigenvalue weighted by Crippen LogP contribution is 2.39. The lowest BCUT2D eigenvalue weighted by atomic mass is 9.85. The molecular weight excluding hydrogens is 348 g/mol. The molecule has 27 heavy (non-hydrogen) atoms. The number of ether oxygens (including phenoxy) is 3. The molecule has 3 rings (SSSR count). The molecule has 2 aliphatic heterocycles. The number of imide groups is 1. The molecule has 0 saturated carbocycles. The molecule has 0 radical (unpaired) electrons. The number of hydrogen-bond donors (Lipinski definition) is 0. The van der Waals surface area contributed by atoms with Gasteiger partial charge in [0.05, 0.1) is 18.9 Å². The fourth-order valence-electron chi connectivity index (χ4n) is 3.28. The second-order valence-corrected chi connectivity index (χ2v) is 7.93. The number of aromatic nitrogens is 1. The lowest BCUT2D eigenvalue weighted by Crippen LogP contribution is -2.49. The van der Waals surface area contributed by atoms with Crippen LogP contribution in [-0.4, -0.2) is 54.4 Å². The zero-order chi connectivity index (χ0) is 19.8. The maximum absolute atomic E-state index is 12.6. The molecule has 0 aromatic carbocycles. The summed E-state index contributed by atoms with van der Waals surface area (Å²) >= 11 is 0. The molecule has 146 valence electrons. The first-order valence-electron chi connectivity index (χ1n) is 9.01. The Labute approximate surface area is 159 Å². The van der Waals surface area contributed by atoms with E-state index in [1.54, 1.807) is 34.1 Å². The zero-order valence-electron chi connectivity index (χ0n) is 16.5. The summed E-state index contributed by atoms with van der Waals surface area (Å²) in [6.45, 7) is 8.43. The highest BCUT2D eigenvalue weighted by molar-refractivity contribution is 6.04. The molecule has 1 saturated heterocycles. The molecule has 2 aliphatic rings. The molecular formula is C20H26N2O5. The van der Waals surface area contributed by atoms with Gasteiger partial charge in [0.2, 0.25) is 0 Å². The normalized spacial score (nSPS) is 19.4. The number of carbonyl (C=O) groups excluding carboxylic acids is 2. The average molecular weight is 374 g/mol. The lowest BCUT2D eigenvalue weighted by molar-refractivity contribution is -0.204. The maximum Gasteiger partial charge on any atom is 0.417 e. The smallest absolute Gasteiger partial charge is 0.417 e. The van der Waals surface area contributed by atoms with Gasteiger partial charge in [0.1, 0.15) is 5.60 Å². The van der Waals surface area contributed by atoms with Gasteiger partial charge in [-0.05, 0) is 51.3 Å². The van der Waals surface area contributed by atoms with Gasteiger partial charge in [-0.3, -0.25) is 9.78 Å². The number of nitrogens with zero attached hydrogens (tertiary/aromatic N) is 2. The van der Waals surface area contributed by atoms with Crippen molar-refractivity contribution in [1.82, 2.24) is 9.88 Å². The van der Waals surface area contributed by atoms with Crippen LogP contribution < -0.4 is 0 Å². The SMILES string of the molecule is COC1(c2nccc(C)c2C2=CC(=O)N(C(=O)OC(C)(C)C)CC2)COC1. The van der Waals surface area contributed by atoms with E-state index in [-0.39, 0.29) is 12.5 Å². The molecule has 7 heteroatoms. The Morgan fingerprint density at radius 3 is 2.56 bits per heavy atom. The van der Waals surface area contributed by atoms with Gasteiger partial charge >= 0.3 is 6.09 Å². The monoisotopic (exact) mass is 374 g/mol. The Balaban J connectivity index is 1.92. The van der Waals surface area contributed by atoms with Gasteiger partial charge in [0.25, 0.3) is 5.91 Å². The van der Waals surface area contributed by atoms with Crippen LogP contribution in [0.5, 0.6) is 0 Å². The van der Waals surface area contributed by atoms with Crippen LogP contribution in [0.2, 0.25) is 0 Å². The topological polar surface area (TPSA) is 78.0 Å². The molecule has 1 aromatic heterocycles. The zero-order valence-corrected chi connectivity index (χ0v) is 16.5. The molecule has 1 aromatic rings. The molecule has 0 atom stereocenters. The largest absolute Gasteiger partial charge is 0.443 e. The standard InChI is InChI=1S/C20H26N2O5/c1-13-6-8-21-17(20(25-5)11-26-12-20)16(13)14-7-9-22(15(23)10-14)18(24)27-19(2,3)4/h6,8,10H,7,9,11-12H2,1-5H3. The van der Waals surface area contributed by atoms with Crippen LogP contribution in [0.25, 0.3) is 5.57 Å². The van der Waals surface area contributed by atoms with E-state index in [9.17, 15) is 9.59 Å². The summed E-state index contributed by atoms with van der Waals surface area (Å²) in [5, 5.41) is 0. The van der Waals surface area contributed by atoms with Crippen LogP contribution in [0.15, 0.2) is 18.3 Å². The molecule has 7 nitrogen and oxygen atoms in total. The predicted molar refractivity (Wildman–Crippen MR) is 99.0 cm³/mol. The lowest BCUT2D eigenvalue weighted by Gasteiger charge is -2.41. The fourth-order valence-corrected chi connectivity index (χ4v) is 3.28. The van der Waals surface area contributed by atoms with E-state index in [0.717, 1.165) is 27.3 Å². The summed E-state index contributed by atoms with van der Waals surface area (Å²) in [4.78, 5) is 30.6. The van der Waals surface area contributed by atoms with Gasteiger partial charge in [-0.2, -0.15) is 0 Å². The number of methoxy groups -OCH3 is 1. The minimum atomic E-state index is -0.649. The molecule has 2 amide bonds. The minimum absolute atomic E-state index is 0.268. The summed E-state index contributed by atoms with van der Waals surface area (Å²) in [6.07, 6.45) is 3.16. The molecule has 1 fully saturated rings. The van der Waals surface area contributed by atoms with Crippen LogP contribution in [-0.2, 0) is 24.6 Å². The third-order valence-electron chi connectivity index (χ3n) is 4.76. The predicted octanol–water partition coefficient (Wildman–Crippen LogP) is 2.81. The number of pyridine rings is 1. The molecule has 0 bridgehead atoms. The van der Waals surface area contributed by atoms with Crippen molar-refractivity contribution in [2.45, 2.75) is 45.3 Å². The van der Waals surface area contributed by atoms with E-state index < -0.39 is 17.3 Å². The van der Waals surface area contributed by atoms with E-state index >= 15 is 0 Å². The van der Waals surface area contributed by atoms with Crippen molar-refractivity contribution in [3.8, 4) is 0 Å². The Kier molecular flexibility index (Phi) is 5.10. The Morgan fingerprint density at radius 1 is 1.33 bits per heavy atom. The number of rotatable bonds is 3. The Bertz CT molecular complexity index is 785. The van der Waals surface area contributed by atoms with E-state index in [2.05, 4.69) is 4.98 Å². The Hall–Kier alpha value is -2.25. The van der Waals surface area contributed by atoms with E-state index in [0.29, 0.717) is 19.6 Å². The number of carbonyl (C=O) groups is 2. The van der Waals surface area contributed by atoms with Crippen LogP contribution in [0.3, 0.4) is 0 Å². The van der Waals surface area contributed by atoms with Crippen molar-refractivity contribution in [1.29, 1.82) is 0 Å². The number of hydrogen-bond acceptors (Lipinski definition) is 6. The number of amides is 2. The third-order valence-corrected chi connectivity index (χ3v) is 4.76. The van der Waals surface area contributed by atoms with Crippen molar-refractivity contribution in [3.63, 3.8) is 0 Å². The quantitative estimate of drug-likeness (QED) is 0.810. The first-order valence-corrected chi connectivity index (χ1v) is 9.01. The van der Waals surface area contributed by atoms with Gasteiger partial charge in [-0.15, -0.1) is 0 Å². The van der Waals surface area contributed by atoms with Gasteiger partial charge in [-0.1, -0.05) is 0 Å². The van der Waals surface area contributed by atoms with Crippen molar-refractivity contribution in [2.24, 2.45) is 0 Å². The first kappa shape index (κ1) is 19.5. The average Bonchev–Trinajstić information content (AvgIpc) is 2.52. The van der Waals surface area contributed by atoms with Crippen molar-refractivity contribution >= 4 is 17.6 Å². The third kappa shape index (κ3) is 3.75. The summed E-state index contributed by atoms with van der Waals surface area (Å²) in [6, 6.07) is 1.91. The van der Waals surface area contributed by atoms with Crippen molar-refractivity contribution in [3.05, 3.63) is 35.2 Å². The summed E-state index contributed by atoms with van der Waals surface area (Å²) in [7, 11) is 1.64. The van der Waals surface area contributed by atoms with Crippen molar-refractivity contribution in [2.75, 3.05) is 26.9 Å². The highest BCUT2D eigenvalue weighted by Gasteiger charge is 2.44. The fraction of sp³-hybridized carbons (Fsp3) is 0.550. The van der Waals surface area contributed by atoms with Gasteiger partial charge in [0.15, 0.2) is 5.60 Å². The second-order valence-electron chi connectivity index (χ2n) is 7.93. The second kappa shape index (κ2) is 7.05. The first-order chi connectivity index (χ1) is 12.7. The molecule has 0 unspecified atom stereocenters. The van der Waals surface area contributed by atoms with Crippen LogP contribution in [0.4, 0.5) is 4.79 Å². The van der Waals surface area contributed by atoms with E-state index in [1.165, 1.54) is 6.08 Å². The maximum atomic E-state index is 12.6. The summed E-state index contributed by atoms with van der Waals surface area (Å²) in [5.41, 5.74) is 2.30. The van der Waals surface area contributed by atoms with Gasteiger partial charge in [-0.25, -0.2) is 9.69 Å². The highest BCUT2D eigenvalue weighted by atomic mass is 16.6. The van der Waals surface area contributed by atoms with Crippen LogP contribution in [0, 0.1) is 6.92 Å². The molecule has 0 spiro atoms. The Morgan fingerprint density at radius 2 is 2.04 bits per heavy atom. The van der Waals surface area contributed by atoms with E-state index in [1.807, 2.05) is 13.0 Å².